The number of nitrogens with one attached hydrogen (secondary N) is 3. The molecule has 2 amide bonds. The number of hydrogen-bond donors (Lipinski definition) is 3. The maximum absolute atomic E-state index is 12.3. The number of anilines is 1. The molecule has 0 unspecified atom stereocenters. The van der Waals surface area contributed by atoms with Gasteiger partial charge in [-0.15, -0.1) is 0 Å². The van der Waals surface area contributed by atoms with Gasteiger partial charge in [0.05, 0.1) is 30.2 Å². The molecule has 1 aliphatic heterocycles. The van der Waals surface area contributed by atoms with E-state index < -0.39 is 10.0 Å². The number of rotatable bonds is 8. The van der Waals surface area contributed by atoms with Gasteiger partial charge >= 0.3 is 0 Å². The summed E-state index contributed by atoms with van der Waals surface area (Å²) in [5.41, 5.74) is 2.93. The molecular weight excluding hydrogens is 466 g/mol. The Morgan fingerprint density at radius 2 is 1.83 bits per heavy atom. The maximum Gasteiger partial charge on any atom is 0.251 e. The number of carbonyl (C=O) groups excluding carboxylic acids is 2. The van der Waals surface area contributed by atoms with Gasteiger partial charge in [-0.25, -0.2) is 8.42 Å². The van der Waals surface area contributed by atoms with E-state index in [1.54, 1.807) is 30.5 Å². The minimum atomic E-state index is -3.35. The minimum absolute atomic E-state index is 0.0394. The van der Waals surface area contributed by atoms with Crippen LogP contribution in [0.2, 0.25) is 0 Å². The van der Waals surface area contributed by atoms with Gasteiger partial charge < -0.3 is 10.6 Å². The van der Waals surface area contributed by atoms with Crippen LogP contribution in [0.3, 0.4) is 0 Å². The molecule has 0 bridgehead atoms. The molecular formula is C25H33N5O4S. The van der Waals surface area contributed by atoms with Crippen LogP contribution in [0.15, 0.2) is 42.6 Å². The molecule has 0 radical (unpaired) electrons. The smallest absolute Gasteiger partial charge is 0.251 e. The summed E-state index contributed by atoms with van der Waals surface area (Å²) >= 11 is 0. The second kappa shape index (κ2) is 10.7. The largest absolute Gasteiger partial charge is 0.349 e. The number of sulfonamides is 1. The lowest BCUT2D eigenvalue weighted by atomic mass is 9.81. The van der Waals surface area contributed by atoms with E-state index >= 15 is 0 Å². The first-order valence-electron chi connectivity index (χ1n) is 12.0. The van der Waals surface area contributed by atoms with Crippen molar-refractivity contribution in [3.63, 3.8) is 0 Å². The SMILES string of the molecule is Cc1cccc(C(=O)NCC(=O)NC2CN(C3CCC(c4ncccc4NS(C)(=O)=O)CC3)C2)c1. The Morgan fingerprint density at radius 3 is 2.51 bits per heavy atom. The van der Waals surface area contributed by atoms with Gasteiger partial charge in [0.1, 0.15) is 0 Å². The van der Waals surface area contributed by atoms with Crippen molar-refractivity contribution >= 4 is 27.5 Å². The van der Waals surface area contributed by atoms with Crippen molar-refractivity contribution in [1.82, 2.24) is 20.5 Å². The van der Waals surface area contributed by atoms with Crippen molar-refractivity contribution < 1.29 is 18.0 Å². The molecule has 1 saturated carbocycles. The van der Waals surface area contributed by atoms with Gasteiger partial charge in [0.15, 0.2) is 0 Å². The predicted octanol–water partition coefficient (Wildman–Crippen LogP) is 2.02. The zero-order valence-electron chi connectivity index (χ0n) is 20.2. The van der Waals surface area contributed by atoms with Crippen molar-refractivity contribution in [3.8, 4) is 0 Å². The molecule has 0 atom stereocenters. The fourth-order valence-electron chi connectivity index (χ4n) is 4.97. The van der Waals surface area contributed by atoms with Crippen LogP contribution < -0.4 is 15.4 Å². The molecule has 10 heteroatoms. The summed E-state index contributed by atoms with van der Waals surface area (Å²) in [5.74, 6) is -0.204. The van der Waals surface area contributed by atoms with E-state index in [1.807, 2.05) is 19.1 Å². The van der Waals surface area contributed by atoms with Crippen molar-refractivity contribution in [2.75, 3.05) is 30.6 Å². The molecule has 0 spiro atoms. The Bertz CT molecular complexity index is 1170. The third-order valence-electron chi connectivity index (χ3n) is 6.70. The zero-order valence-corrected chi connectivity index (χ0v) is 21.0. The summed E-state index contributed by atoms with van der Waals surface area (Å²) < 4.78 is 26.0. The van der Waals surface area contributed by atoms with Crippen molar-refractivity contribution in [2.24, 2.45) is 0 Å². The zero-order chi connectivity index (χ0) is 25.0. The Balaban J connectivity index is 1.18. The number of aromatic nitrogens is 1. The topological polar surface area (TPSA) is 120 Å². The van der Waals surface area contributed by atoms with E-state index in [-0.39, 0.29) is 30.3 Å². The van der Waals surface area contributed by atoms with Gasteiger partial charge in [0, 0.05) is 36.8 Å². The first-order chi connectivity index (χ1) is 16.7. The lowest BCUT2D eigenvalue weighted by molar-refractivity contribution is -0.122. The first-order valence-corrected chi connectivity index (χ1v) is 13.9. The Morgan fingerprint density at radius 1 is 1.09 bits per heavy atom. The third kappa shape index (κ3) is 6.79. The van der Waals surface area contributed by atoms with Crippen LogP contribution in [0.4, 0.5) is 5.69 Å². The molecule has 188 valence electrons. The average Bonchev–Trinajstić information content (AvgIpc) is 2.79. The number of pyridine rings is 1. The molecule has 1 aromatic carbocycles. The second-order valence-corrected chi connectivity index (χ2v) is 11.3. The molecule has 35 heavy (non-hydrogen) atoms. The van der Waals surface area contributed by atoms with Gasteiger partial charge in [-0.05, 0) is 56.9 Å². The number of likely N-dealkylation sites (tertiary alicyclic amines) is 1. The summed E-state index contributed by atoms with van der Waals surface area (Å²) in [6, 6.07) is 11.3. The van der Waals surface area contributed by atoms with Crippen LogP contribution >= 0.6 is 0 Å². The number of aryl methyl sites for hydroxylation is 1. The number of carbonyl (C=O) groups is 2. The van der Waals surface area contributed by atoms with Crippen LogP contribution in [0.25, 0.3) is 0 Å². The monoisotopic (exact) mass is 499 g/mol. The minimum Gasteiger partial charge on any atom is -0.349 e. The van der Waals surface area contributed by atoms with Gasteiger partial charge in [0.2, 0.25) is 15.9 Å². The highest BCUT2D eigenvalue weighted by Gasteiger charge is 2.36. The van der Waals surface area contributed by atoms with Crippen molar-refractivity contribution in [2.45, 2.75) is 50.6 Å². The lowest BCUT2D eigenvalue weighted by Crippen LogP contribution is -2.63. The third-order valence-corrected chi connectivity index (χ3v) is 7.29. The maximum atomic E-state index is 12.3. The van der Waals surface area contributed by atoms with E-state index in [0.29, 0.717) is 17.3 Å². The van der Waals surface area contributed by atoms with Crippen LogP contribution in [0.5, 0.6) is 0 Å². The number of nitrogens with zero attached hydrogens (tertiary/aromatic N) is 2. The van der Waals surface area contributed by atoms with Gasteiger partial charge in [-0.2, -0.15) is 0 Å². The van der Waals surface area contributed by atoms with E-state index in [0.717, 1.165) is 56.3 Å². The molecule has 1 saturated heterocycles. The highest BCUT2D eigenvalue weighted by atomic mass is 32.2. The highest BCUT2D eigenvalue weighted by molar-refractivity contribution is 7.92. The predicted molar refractivity (Wildman–Crippen MR) is 135 cm³/mol. The van der Waals surface area contributed by atoms with E-state index in [1.165, 1.54) is 0 Å². The summed E-state index contributed by atoms with van der Waals surface area (Å²) in [6.45, 7) is 3.49. The first kappa shape index (κ1) is 25.1. The Kier molecular flexibility index (Phi) is 7.71. The fourth-order valence-corrected chi connectivity index (χ4v) is 5.55. The molecule has 3 N–H and O–H groups in total. The fraction of sp³-hybridized carbons (Fsp3) is 0.480. The quantitative estimate of drug-likeness (QED) is 0.511. The molecule has 2 fully saturated rings. The summed E-state index contributed by atoms with van der Waals surface area (Å²) in [7, 11) is -3.35. The van der Waals surface area contributed by atoms with Gasteiger partial charge in [-0.1, -0.05) is 17.7 Å². The molecule has 4 rings (SSSR count). The molecule has 1 aliphatic carbocycles. The molecule has 2 heterocycles. The summed E-state index contributed by atoms with van der Waals surface area (Å²) in [5, 5.41) is 5.68. The highest BCUT2D eigenvalue weighted by Crippen LogP contribution is 2.38. The summed E-state index contributed by atoms with van der Waals surface area (Å²) in [6.07, 6.45) is 6.76. The van der Waals surface area contributed by atoms with E-state index in [2.05, 4.69) is 25.2 Å². The van der Waals surface area contributed by atoms with E-state index in [4.69, 9.17) is 0 Å². The number of benzene rings is 1. The Hall–Kier alpha value is -2.98. The van der Waals surface area contributed by atoms with Crippen LogP contribution in [-0.4, -0.2) is 68.1 Å². The molecule has 9 nitrogen and oxygen atoms in total. The summed E-state index contributed by atoms with van der Waals surface area (Å²) in [4.78, 5) is 31.3. The standard InChI is InChI=1S/C25H33N5O4S/c1-17-5-3-6-19(13-17)25(32)27-14-23(31)28-20-15-30(16-20)21-10-8-18(9-11-21)24-22(7-4-12-26-24)29-35(2,33)34/h3-7,12-13,18,20-21,29H,8-11,14-16H2,1-2H3,(H,27,32)(H,28,31). The van der Waals surface area contributed by atoms with Gasteiger partial charge in [0.25, 0.3) is 5.91 Å². The molecule has 2 aliphatic rings. The van der Waals surface area contributed by atoms with Crippen LogP contribution in [0, 0.1) is 6.92 Å². The normalized spacial score (nSPS) is 21.1. The van der Waals surface area contributed by atoms with Crippen LogP contribution in [0.1, 0.15) is 53.2 Å². The average molecular weight is 500 g/mol. The molecule has 1 aromatic heterocycles. The number of amides is 2. The number of hydrogen-bond acceptors (Lipinski definition) is 6. The van der Waals surface area contributed by atoms with E-state index in [9.17, 15) is 18.0 Å². The molecule has 2 aromatic rings. The second-order valence-electron chi connectivity index (χ2n) is 9.59. The Labute approximate surface area is 206 Å². The van der Waals surface area contributed by atoms with Crippen molar-refractivity contribution in [3.05, 3.63) is 59.4 Å². The van der Waals surface area contributed by atoms with Crippen LogP contribution in [-0.2, 0) is 14.8 Å². The van der Waals surface area contributed by atoms with Gasteiger partial charge in [-0.3, -0.25) is 24.2 Å². The lowest BCUT2D eigenvalue weighted by Gasteiger charge is -2.46. The van der Waals surface area contributed by atoms with Crippen molar-refractivity contribution in [1.29, 1.82) is 0 Å².